The number of nitrogens with zero attached hydrogens (tertiary/aromatic N) is 2. The molecule has 0 saturated carbocycles. The Morgan fingerprint density at radius 2 is 2.07 bits per heavy atom. The van der Waals surface area contributed by atoms with Crippen LogP contribution in [0.3, 0.4) is 0 Å². The summed E-state index contributed by atoms with van der Waals surface area (Å²) in [5, 5.41) is 6.24. The Hall–Kier alpha value is -3.82. The van der Waals surface area contributed by atoms with Gasteiger partial charge >= 0.3 is 12.1 Å². The summed E-state index contributed by atoms with van der Waals surface area (Å²) in [4.78, 5) is 23.9. The quantitative estimate of drug-likeness (QED) is 0.475. The fourth-order valence-electron chi connectivity index (χ4n) is 2.62. The van der Waals surface area contributed by atoms with Crippen LogP contribution in [0.15, 0.2) is 59.4 Å². The second-order valence-corrected chi connectivity index (χ2v) is 5.93. The number of anilines is 1. The minimum atomic E-state index is -4.86. The van der Waals surface area contributed by atoms with Crippen molar-refractivity contribution in [1.82, 2.24) is 9.78 Å². The van der Waals surface area contributed by atoms with Gasteiger partial charge in [-0.1, -0.05) is 6.07 Å². The van der Waals surface area contributed by atoms with Crippen LogP contribution < -0.4 is 5.32 Å². The third-order valence-corrected chi connectivity index (χ3v) is 3.83. The zero-order valence-electron chi connectivity index (χ0n) is 15.6. The Labute approximate surface area is 168 Å². The zero-order valence-corrected chi connectivity index (χ0v) is 15.6. The molecule has 0 saturated heterocycles. The molecule has 7 nitrogen and oxygen atoms in total. The van der Waals surface area contributed by atoms with Gasteiger partial charge in [-0.2, -0.15) is 18.3 Å². The third-order valence-electron chi connectivity index (χ3n) is 3.83. The molecule has 30 heavy (non-hydrogen) atoms. The van der Waals surface area contributed by atoms with Crippen molar-refractivity contribution < 1.29 is 31.9 Å². The van der Waals surface area contributed by atoms with E-state index in [0.717, 1.165) is 6.20 Å². The van der Waals surface area contributed by atoms with Crippen LogP contribution in [-0.4, -0.2) is 28.3 Å². The van der Waals surface area contributed by atoms with E-state index in [0.29, 0.717) is 10.4 Å². The normalized spacial score (nSPS) is 11.6. The van der Waals surface area contributed by atoms with Crippen LogP contribution in [0.2, 0.25) is 0 Å². The number of carbonyl (C=O) groups excluding carboxylic acids is 2. The van der Waals surface area contributed by atoms with Gasteiger partial charge in [0, 0.05) is 11.8 Å². The van der Waals surface area contributed by atoms with Crippen molar-refractivity contribution in [2.75, 3.05) is 11.9 Å². The summed E-state index contributed by atoms with van der Waals surface area (Å²) in [6, 6.07) is 8.94. The molecular weight excluding hydrogens is 403 g/mol. The highest BCUT2D eigenvalue weighted by molar-refractivity contribution is 6.01. The van der Waals surface area contributed by atoms with Crippen LogP contribution in [0.5, 0.6) is 0 Å². The number of aromatic nitrogens is 2. The Morgan fingerprint density at radius 3 is 2.73 bits per heavy atom. The van der Waals surface area contributed by atoms with Crippen LogP contribution in [-0.2, 0) is 15.7 Å². The van der Waals surface area contributed by atoms with Gasteiger partial charge in [-0.15, -0.1) is 0 Å². The predicted molar refractivity (Wildman–Crippen MR) is 101 cm³/mol. The number of ether oxygens (including phenoxy) is 1. The minimum Gasteiger partial charge on any atom is -0.465 e. The van der Waals surface area contributed by atoms with Gasteiger partial charge in [0.1, 0.15) is 11.3 Å². The van der Waals surface area contributed by atoms with Crippen molar-refractivity contribution in [3.8, 4) is 5.69 Å². The molecular formula is C20H16F3N3O4. The van der Waals surface area contributed by atoms with Gasteiger partial charge in [-0.3, -0.25) is 4.79 Å². The maximum atomic E-state index is 13.6. The molecule has 0 atom stereocenters. The van der Waals surface area contributed by atoms with Crippen molar-refractivity contribution in [1.29, 1.82) is 0 Å². The fraction of sp³-hybridized carbons (Fsp3) is 0.150. The number of benzene rings is 1. The van der Waals surface area contributed by atoms with Crippen molar-refractivity contribution in [2.45, 2.75) is 13.1 Å². The molecule has 1 amide bonds. The Morgan fingerprint density at radius 1 is 1.27 bits per heavy atom. The molecule has 1 N–H and O–H groups in total. The van der Waals surface area contributed by atoms with Crippen LogP contribution >= 0.6 is 0 Å². The molecule has 3 rings (SSSR count). The van der Waals surface area contributed by atoms with Gasteiger partial charge in [0.05, 0.1) is 24.8 Å². The third kappa shape index (κ3) is 4.77. The van der Waals surface area contributed by atoms with Crippen molar-refractivity contribution in [3.05, 3.63) is 72.0 Å². The minimum absolute atomic E-state index is 0.00527. The lowest BCUT2D eigenvalue weighted by molar-refractivity contribution is -0.143. The molecule has 0 unspecified atom stereocenters. The number of carbonyl (C=O) groups is 2. The number of furan rings is 1. The van der Waals surface area contributed by atoms with Crippen LogP contribution in [0.25, 0.3) is 11.8 Å². The number of amides is 1. The number of esters is 1. The first-order valence-corrected chi connectivity index (χ1v) is 8.75. The van der Waals surface area contributed by atoms with Gasteiger partial charge in [-0.05, 0) is 43.3 Å². The van der Waals surface area contributed by atoms with E-state index >= 15 is 0 Å². The Balaban J connectivity index is 1.88. The predicted octanol–water partition coefficient (Wildman–Crippen LogP) is 4.31. The number of hydrogen-bond donors (Lipinski definition) is 1. The summed E-state index contributed by atoms with van der Waals surface area (Å²) in [6.45, 7) is 1.41. The molecule has 2 heterocycles. The van der Waals surface area contributed by atoms with E-state index in [-0.39, 0.29) is 18.0 Å². The number of halogens is 3. The summed E-state index contributed by atoms with van der Waals surface area (Å²) in [7, 11) is 0. The Kier molecular flexibility index (Phi) is 6.05. The van der Waals surface area contributed by atoms with Gasteiger partial charge < -0.3 is 14.5 Å². The first-order chi connectivity index (χ1) is 14.3. The van der Waals surface area contributed by atoms with Gasteiger partial charge in [-0.25, -0.2) is 9.48 Å². The van der Waals surface area contributed by atoms with Crippen molar-refractivity contribution in [2.24, 2.45) is 0 Å². The lowest BCUT2D eigenvalue weighted by Crippen LogP contribution is -2.18. The molecule has 0 bridgehead atoms. The zero-order chi connectivity index (χ0) is 21.7. The molecule has 156 valence electrons. The fourth-order valence-corrected chi connectivity index (χ4v) is 2.62. The smallest absolute Gasteiger partial charge is 0.434 e. The number of hydrogen-bond acceptors (Lipinski definition) is 5. The molecule has 0 aliphatic heterocycles. The van der Waals surface area contributed by atoms with E-state index in [1.807, 2.05) is 0 Å². The molecule has 0 aliphatic rings. The molecule has 0 aliphatic carbocycles. The number of rotatable bonds is 6. The van der Waals surface area contributed by atoms with Crippen LogP contribution in [0, 0.1) is 0 Å². The van der Waals surface area contributed by atoms with Gasteiger partial charge in [0.25, 0.3) is 0 Å². The van der Waals surface area contributed by atoms with Gasteiger partial charge in [0.15, 0.2) is 5.69 Å². The number of nitrogens with one attached hydrogen (secondary N) is 1. The lowest BCUT2D eigenvalue weighted by Gasteiger charge is -2.13. The molecule has 10 heteroatoms. The highest BCUT2D eigenvalue weighted by Gasteiger charge is 2.41. The number of alkyl halides is 3. The first kappa shape index (κ1) is 20.9. The van der Waals surface area contributed by atoms with Crippen molar-refractivity contribution in [3.63, 3.8) is 0 Å². The summed E-state index contributed by atoms with van der Waals surface area (Å²) < 4.78 is 51.2. The van der Waals surface area contributed by atoms with E-state index in [1.165, 1.54) is 49.6 Å². The van der Waals surface area contributed by atoms with E-state index in [4.69, 9.17) is 4.42 Å². The van der Waals surface area contributed by atoms with E-state index in [2.05, 4.69) is 15.2 Å². The van der Waals surface area contributed by atoms with E-state index < -0.39 is 29.3 Å². The maximum absolute atomic E-state index is 13.6. The molecule has 2 aromatic heterocycles. The molecule has 0 fully saturated rings. The average Bonchev–Trinajstić information content (AvgIpc) is 3.36. The second kappa shape index (κ2) is 8.68. The van der Waals surface area contributed by atoms with E-state index in [1.54, 1.807) is 12.1 Å². The van der Waals surface area contributed by atoms with Crippen LogP contribution in [0.1, 0.15) is 28.7 Å². The van der Waals surface area contributed by atoms with Crippen molar-refractivity contribution >= 4 is 23.6 Å². The van der Waals surface area contributed by atoms with Crippen LogP contribution in [0.4, 0.5) is 18.9 Å². The largest absolute Gasteiger partial charge is 0.465 e. The topological polar surface area (TPSA) is 86.4 Å². The van der Waals surface area contributed by atoms with E-state index in [9.17, 15) is 22.8 Å². The standard InChI is InChI=1S/C20H16F3N3O4/c1-2-29-19(28)16-12-24-26(18(16)20(21,22)23)14-6-3-5-13(11-14)25-17(27)9-8-15-7-4-10-30-15/h3-12H,2H2,1H3,(H,25,27). The second-order valence-electron chi connectivity index (χ2n) is 5.93. The molecule has 0 spiro atoms. The summed E-state index contributed by atoms with van der Waals surface area (Å²) in [5.41, 5.74) is -1.71. The lowest BCUT2D eigenvalue weighted by atomic mass is 10.2. The SMILES string of the molecule is CCOC(=O)c1cnn(-c2cccc(NC(=O)C=Cc3ccco3)c2)c1C(F)(F)F. The average molecular weight is 419 g/mol. The summed E-state index contributed by atoms with van der Waals surface area (Å²) in [6.07, 6.45) is 0.0647. The first-order valence-electron chi connectivity index (χ1n) is 8.75. The van der Waals surface area contributed by atoms with Gasteiger partial charge in [0.2, 0.25) is 5.91 Å². The molecule has 0 radical (unpaired) electrons. The monoisotopic (exact) mass is 419 g/mol. The molecule has 1 aromatic carbocycles. The molecule has 3 aromatic rings. The summed E-state index contributed by atoms with van der Waals surface area (Å²) >= 11 is 0. The highest BCUT2D eigenvalue weighted by Crippen LogP contribution is 2.34. The summed E-state index contributed by atoms with van der Waals surface area (Å²) in [5.74, 6) is -1.16. The highest BCUT2D eigenvalue weighted by atomic mass is 19.4. The Bertz CT molecular complexity index is 1070. The maximum Gasteiger partial charge on any atom is 0.434 e.